The number of benzene rings is 2. The lowest BCUT2D eigenvalue weighted by atomic mass is 10.1. The molecule has 0 unspecified atom stereocenters. The van der Waals surface area contributed by atoms with Gasteiger partial charge in [-0.2, -0.15) is 0 Å². The lowest BCUT2D eigenvalue weighted by Crippen LogP contribution is -2.41. The van der Waals surface area contributed by atoms with Gasteiger partial charge in [0, 0.05) is 6.54 Å². The van der Waals surface area contributed by atoms with Gasteiger partial charge in [0.1, 0.15) is 18.3 Å². The molecule has 2 heterocycles. The van der Waals surface area contributed by atoms with Crippen molar-refractivity contribution < 1.29 is 14.2 Å². The van der Waals surface area contributed by atoms with Crippen molar-refractivity contribution in [2.24, 2.45) is 0 Å². The molecule has 2 aliphatic heterocycles. The second kappa shape index (κ2) is 7.45. The first-order valence-electron chi connectivity index (χ1n) is 8.56. The van der Waals surface area contributed by atoms with Crippen LogP contribution in [0.2, 0.25) is 0 Å². The Morgan fingerprint density at radius 3 is 2.25 bits per heavy atom. The van der Waals surface area contributed by atoms with Crippen LogP contribution in [0.4, 0.5) is 0 Å². The van der Waals surface area contributed by atoms with Crippen molar-refractivity contribution in [3.63, 3.8) is 0 Å². The van der Waals surface area contributed by atoms with E-state index in [4.69, 9.17) is 14.2 Å². The SMILES string of the molecule is c1ccc(CN[C@@H]2CO[C@@H]3[C@@H]2OC[C@H]3OCc2ccccc2)cc1. The Hall–Kier alpha value is -1.72. The third kappa shape index (κ3) is 3.52. The summed E-state index contributed by atoms with van der Waals surface area (Å²) in [5.41, 5.74) is 2.45. The zero-order valence-corrected chi connectivity index (χ0v) is 13.6. The van der Waals surface area contributed by atoms with Crippen molar-refractivity contribution in [3.8, 4) is 0 Å². The topological polar surface area (TPSA) is 39.7 Å². The van der Waals surface area contributed by atoms with Crippen LogP contribution in [0.3, 0.4) is 0 Å². The van der Waals surface area contributed by atoms with Gasteiger partial charge in [0.25, 0.3) is 0 Å². The molecule has 24 heavy (non-hydrogen) atoms. The van der Waals surface area contributed by atoms with Crippen LogP contribution in [-0.4, -0.2) is 37.6 Å². The Kier molecular flexibility index (Phi) is 4.90. The Labute approximate surface area is 142 Å². The van der Waals surface area contributed by atoms with E-state index in [1.54, 1.807) is 0 Å². The minimum Gasteiger partial charge on any atom is -0.371 e. The largest absolute Gasteiger partial charge is 0.371 e. The fraction of sp³-hybridized carbons (Fsp3) is 0.400. The van der Waals surface area contributed by atoms with Gasteiger partial charge < -0.3 is 19.5 Å². The summed E-state index contributed by atoms with van der Waals surface area (Å²) in [5.74, 6) is 0. The molecule has 0 aliphatic carbocycles. The van der Waals surface area contributed by atoms with Gasteiger partial charge >= 0.3 is 0 Å². The quantitative estimate of drug-likeness (QED) is 0.886. The van der Waals surface area contributed by atoms with Crippen molar-refractivity contribution in [2.75, 3.05) is 13.2 Å². The Balaban J connectivity index is 1.29. The number of hydrogen-bond donors (Lipinski definition) is 1. The van der Waals surface area contributed by atoms with Gasteiger partial charge in [-0.05, 0) is 11.1 Å². The van der Waals surface area contributed by atoms with Gasteiger partial charge in [0.2, 0.25) is 0 Å². The predicted molar refractivity (Wildman–Crippen MR) is 91.6 cm³/mol. The molecule has 2 saturated heterocycles. The smallest absolute Gasteiger partial charge is 0.114 e. The number of hydrogen-bond acceptors (Lipinski definition) is 4. The van der Waals surface area contributed by atoms with E-state index < -0.39 is 0 Å². The van der Waals surface area contributed by atoms with Gasteiger partial charge in [-0.1, -0.05) is 60.7 Å². The van der Waals surface area contributed by atoms with E-state index in [0.29, 0.717) is 19.8 Å². The average molecular weight is 325 g/mol. The van der Waals surface area contributed by atoms with Crippen LogP contribution in [-0.2, 0) is 27.4 Å². The van der Waals surface area contributed by atoms with E-state index in [9.17, 15) is 0 Å². The van der Waals surface area contributed by atoms with Crippen molar-refractivity contribution in [3.05, 3.63) is 71.8 Å². The summed E-state index contributed by atoms with van der Waals surface area (Å²) in [6.07, 6.45) is 0.121. The molecule has 2 fully saturated rings. The van der Waals surface area contributed by atoms with Crippen LogP contribution in [0.1, 0.15) is 11.1 Å². The van der Waals surface area contributed by atoms with Gasteiger partial charge in [-0.15, -0.1) is 0 Å². The first kappa shape index (κ1) is 15.8. The monoisotopic (exact) mass is 325 g/mol. The summed E-state index contributed by atoms with van der Waals surface area (Å²) in [5, 5.41) is 3.56. The highest BCUT2D eigenvalue weighted by molar-refractivity contribution is 5.15. The Morgan fingerprint density at radius 2 is 1.50 bits per heavy atom. The average Bonchev–Trinajstić information content (AvgIpc) is 3.22. The van der Waals surface area contributed by atoms with Gasteiger partial charge in [0.15, 0.2) is 0 Å². The second-order valence-electron chi connectivity index (χ2n) is 6.40. The highest BCUT2D eigenvalue weighted by Gasteiger charge is 2.48. The van der Waals surface area contributed by atoms with Gasteiger partial charge in [0.05, 0.1) is 25.9 Å². The minimum atomic E-state index is 0.0127. The molecule has 4 nitrogen and oxygen atoms in total. The Morgan fingerprint density at radius 1 is 0.833 bits per heavy atom. The lowest BCUT2D eigenvalue weighted by molar-refractivity contribution is -0.0393. The normalized spacial score (nSPS) is 28.8. The third-order valence-corrected chi connectivity index (χ3v) is 4.73. The van der Waals surface area contributed by atoms with Gasteiger partial charge in [-0.3, -0.25) is 0 Å². The Bertz CT molecular complexity index is 576. The first-order valence-corrected chi connectivity index (χ1v) is 8.56. The number of nitrogens with one attached hydrogen (secondary N) is 1. The standard InChI is InChI=1S/C20H23NO3/c1-3-7-15(8-4-1)11-21-17-13-23-20-18(14-24-19(17)20)22-12-16-9-5-2-6-10-16/h1-10,17-21H,11-14H2/t17-,18-,19-,20+/m1/s1. The summed E-state index contributed by atoms with van der Waals surface area (Å²) in [7, 11) is 0. The van der Waals surface area contributed by atoms with E-state index in [1.165, 1.54) is 11.1 Å². The molecular formula is C20H23NO3. The number of ether oxygens (including phenoxy) is 3. The fourth-order valence-corrected chi connectivity index (χ4v) is 3.40. The fourth-order valence-electron chi connectivity index (χ4n) is 3.40. The molecule has 4 rings (SSSR count). The van der Waals surface area contributed by atoms with E-state index in [-0.39, 0.29) is 24.4 Å². The van der Waals surface area contributed by atoms with Gasteiger partial charge in [-0.25, -0.2) is 0 Å². The molecule has 2 aliphatic rings. The summed E-state index contributed by atoms with van der Waals surface area (Å²) in [6.45, 7) is 2.71. The van der Waals surface area contributed by atoms with E-state index in [0.717, 1.165) is 6.54 Å². The molecule has 0 radical (unpaired) electrons. The van der Waals surface area contributed by atoms with E-state index >= 15 is 0 Å². The number of rotatable bonds is 6. The van der Waals surface area contributed by atoms with Crippen molar-refractivity contribution in [1.82, 2.24) is 5.32 Å². The number of fused-ring (bicyclic) bond motifs is 1. The third-order valence-electron chi connectivity index (χ3n) is 4.73. The van der Waals surface area contributed by atoms with Crippen molar-refractivity contribution in [2.45, 2.75) is 37.5 Å². The molecule has 4 heteroatoms. The molecule has 0 aromatic heterocycles. The highest BCUT2D eigenvalue weighted by atomic mass is 16.6. The lowest BCUT2D eigenvalue weighted by Gasteiger charge is -2.18. The zero-order chi connectivity index (χ0) is 16.2. The molecule has 1 N–H and O–H groups in total. The predicted octanol–water partition coefficient (Wildman–Crippen LogP) is 2.53. The van der Waals surface area contributed by atoms with Crippen LogP contribution < -0.4 is 5.32 Å². The molecule has 2 aromatic carbocycles. The van der Waals surface area contributed by atoms with Crippen molar-refractivity contribution in [1.29, 1.82) is 0 Å². The van der Waals surface area contributed by atoms with E-state index in [2.05, 4.69) is 41.7 Å². The molecule has 0 bridgehead atoms. The van der Waals surface area contributed by atoms with Crippen molar-refractivity contribution >= 4 is 0 Å². The van der Waals surface area contributed by atoms with Crippen LogP contribution in [0, 0.1) is 0 Å². The molecule has 126 valence electrons. The highest BCUT2D eigenvalue weighted by Crippen LogP contribution is 2.29. The zero-order valence-electron chi connectivity index (χ0n) is 13.6. The van der Waals surface area contributed by atoms with Crippen LogP contribution in [0.15, 0.2) is 60.7 Å². The maximum absolute atomic E-state index is 6.04. The molecule has 0 amide bonds. The second-order valence-corrected chi connectivity index (χ2v) is 6.40. The van der Waals surface area contributed by atoms with Crippen LogP contribution >= 0.6 is 0 Å². The molecular weight excluding hydrogens is 302 g/mol. The maximum Gasteiger partial charge on any atom is 0.114 e. The minimum absolute atomic E-state index is 0.0127. The molecule has 4 atom stereocenters. The first-order chi connectivity index (χ1) is 11.9. The molecule has 0 spiro atoms. The summed E-state index contributed by atoms with van der Waals surface area (Å²) in [6, 6.07) is 20.9. The molecule has 0 saturated carbocycles. The molecule has 2 aromatic rings. The summed E-state index contributed by atoms with van der Waals surface area (Å²) < 4.78 is 18.0. The van der Waals surface area contributed by atoms with Crippen LogP contribution in [0.5, 0.6) is 0 Å². The summed E-state index contributed by atoms with van der Waals surface area (Å²) >= 11 is 0. The van der Waals surface area contributed by atoms with Crippen LogP contribution in [0.25, 0.3) is 0 Å². The van der Waals surface area contributed by atoms with E-state index in [1.807, 2.05) is 24.3 Å². The summed E-state index contributed by atoms with van der Waals surface area (Å²) in [4.78, 5) is 0. The maximum atomic E-state index is 6.04.